The monoisotopic (exact) mass is 374 g/mol. The van der Waals surface area contributed by atoms with Crippen LogP contribution in [0.3, 0.4) is 0 Å². The number of allylic oxidation sites excluding steroid dienone is 1. The van der Waals surface area contributed by atoms with Crippen LogP contribution in [0.4, 0.5) is 4.79 Å². The summed E-state index contributed by atoms with van der Waals surface area (Å²) in [5.74, 6) is 0.370. The van der Waals surface area contributed by atoms with E-state index < -0.39 is 12.0 Å². The lowest BCUT2D eigenvalue weighted by molar-refractivity contribution is -0.139. The quantitative estimate of drug-likeness (QED) is 0.475. The zero-order valence-corrected chi connectivity index (χ0v) is 16.5. The van der Waals surface area contributed by atoms with Gasteiger partial charge in [-0.2, -0.15) is 0 Å². The van der Waals surface area contributed by atoms with Gasteiger partial charge in [0.2, 0.25) is 0 Å². The summed E-state index contributed by atoms with van der Waals surface area (Å²) in [5.41, 5.74) is 1.77. The normalized spacial score (nSPS) is 16.6. The van der Waals surface area contributed by atoms with Crippen molar-refractivity contribution in [3.8, 4) is 5.75 Å². The molecule has 2 amide bonds. The minimum absolute atomic E-state index is 0.330. The number of nitrogens with one attached hydrogen (secondary N) is 2. The third kappa shape index (κ3) is 6.01. The molecule has 0 fully saturated rings. The predicted molar refractivity (Wildman–Crippen MR) is 104 cm³/mol. The van der Waals surface area contributed by atoms with Gasteiger partial charge in [0.05, 0.1) is 24.8 Å². The minimum Gasteiger partial charge on any atom is -0.494 e. The van der Waals surface area contributed by atoms with Crippen molar-refractivity contribution in [1.29, 1.82) is 0 Å². The molecule has 0 bridgehead atoms. The smallest absolute Gasteiger partial charge is 0.338 e. The van der Waals surface area contributed by atoms with Crippen LogP contribution in [0.2, 0.25) is 0 Å². The topological polar surface area (TPSA) is 76.7 Å². The molecular weight excluding hydrogens is 344 g/mol. The molecule has 0 aliphatic carbocycles. The Morgan fingerprint density at radius 2 is 1.78 bits per heavy atom. The maximum Gasteiger partial charge on any atom is 0.338 e. The van der Waals surface area contributed by atoms with Crippen molar-refractivity contribution in [3.63, 3.8) is 0 Å². The van der Waals surface area contributed by atoms with E-state index in [1.807, 2.05) is 31.2 Å². The summed E-state index contributed by atoms with van der Waals surface area (Å²) in [5, 5.41) is 5.48. The number of amides is 2. The van der Waals surface area contributed by atoms with E-state index in [0.717, 1.165) is 43.4 Å². The number of unbranched alkanes of at least 4 members (excludes halogenated alkanes) is 3. The van der Waals surface area contributed by atoms with Crippen molar-refractivity contribution in [3.05, 3.63) is 41.1 Å². The van der Waals surface area contributed by atoms with E-state index in [4.69, 9.17) is 9.47 Å². The molecule has 1 atom stereocenters. The van der Waals surface area contributed by atoms with Gasteiger partial charge in [-0.3, -0.25) is 0 Å². The van der Waals surface area contributed by atoms with Gasteiger partial charge >= 0.3 is 12.0 Å². The highest BCUT2D eigenvalue weighted by Gasteiger charge is 2.32. The largest absolute Gasteiger partial charge is 0.494 e. The third-order valence-electron chi connectivity index (χ3n) is 4.41. The summed E-state index contributed by atoms with van der Waals surface area (Å²) in [7, 11) is 0. The Bertz CT molecular complexity index is 667. The summed E-state index contributed by atoms with van der Waals surface area (Å²) < 4.78 is 11.0. The summed E-state index contributed by atoms with van der Waals surface area (Å²) in [4.78, 5) is 24.6. The average molecular weight is 374 g/mol. The molecule has 1 aliphatic rings. The molecule has 6 nitrogen and oxygen atoms in total. The van der Waals surface area contributed by atoms with Gasteiger partial charge in [0.25, 0.3) is 0 Å². The van der Waals surface area contributed by atoms with Crippen LogP contribution in [0.5, 0.6) is 5.75 Å². The lowest BCUT2D eigenvalue weighted by Gasteiger charge is -2.28. The van der Waals surface area contributed by atoms with E-state index in [0.29, 0.717) is 24.5 Å². The SMILES string of the molecule is CCCCCCOC(=O)C1=C(C)NC(=O)N[C@@H]1c1ccc(OCCC)cc1. The number of benzene rings is 1. The number of carbonyl (C=O) groups excluding carboxylic acids is 2. The Balaban J connectivity index is 2.11. The van der Waals surface area contributed by atoms with Crippen molar-refractivity contribution in [2.45, 2.75) is 58.9 Å². The van der Waals surface area contributed by atoms with E-state index in [9.17, 15) is 9.59 Å². The molecule has 0 saturated carbocycles. The highest BCUT2D eigenvalue weighted by Crippen LogP contribution is 2.29. The third-order valence-corrected chi connectivity index (χ3v) is 4.41. The fraction of sp³-hybridized carbons (Fsp3) is 0.524. The maximum atomic E-state index is 12.6. The predicted octanol–water partition coefficient (Wildman–Crippen LogP) is 4.23. The number of carbonyl (C=O) groups is 2. The van der Waals surface area contributed by atoms with Crippen molar-refractivity contribution in [2.75, 3.05) is 13.2 Å². The summed E-state index contributed by atoms with van der Waals surface area (Å²) in [6, 6.07) is 6.56. The van der Waals surface area contributed by atoms with Crippen LogP contribution < -0.4 is 15.4 Å². The Hall–Kier alpha value is -2.50. The summed E-state index contributed by atoms with van der Waals surface area (Å²) in [6.07, 6.45) is 5.09. The molecule has 0 spiro atoms. The first kappa shape index (κ1) is 20.8. The molecule has 0 radical (unpaired) electrons. The maximum absolute atomic E-state index is 12.6. The Morgan fingerprint density at radius 1 is 1.04 bits per heavy atom. The molecule has 1 heterocycles. The second kappa shape index (κ2) is 10.6. The minimum atomic E-state index is -0.540. The zero-order valence-electron chi connectivity index (χ0n) is 16.5. The molecule has 0 aromatic heterocycles. The second-order valence-corrected chi connectivity index (χ2v) is 6.68. The van der Waals surface area contributed by atoms with E-state index in [1.165, 1.54) is 0 Å². The van der Waals surface area contributed by atoms with Crippen LogP contribution in [-0.2, 0) is 9.53 Å². The molecule has 1 aromatic carbocycles. The van der Waals surface area contributed by atoms with Crippen LogP contribution in [0.25, 0.3) is 0 Å². The first-order chi connectivity index (χ1) is 13.1. The Morgan fingerprint density at radius 3 is 2.44 bits per heavy atom. The number of hydrogen-bond donors (Lipinski definition) is 2. The van der Waals surface area contributed by atoms with E-state index in [2.05, 4.69) is 17.6 Å². The molecule has 0 saturated heterocycles. The highest BCUT2D eigenvalue weighted by atomic mass is 16.5. The standard InChI is InChI=1S/C21H30N2O4/c1-4-6-7-8-14-27-20(24)18-15(3)22-21(25)23-19(18)16-9-11-17(12-10-16)26-13-5-2/h9-12,19H,4-8,13-14H2,1-3H3,(H2,22,23,25)/t19-/m1/s1. The van der Waals surface area contributed by atoms with Crippen molar-refractivity contribution in [1.82, 2.24) is 10.6 Å². The van der Waals surface area contributed by atoms with Crippen molar-refractivity contribution >= 4 is 12.0 Å². The Labute approximate surface area is 161 Å². The van der Waals surface area contributed by atoms with E-state index >= 15 is 0 Å². The number of rotatable bonds is 10. The fourth-order valence-electron chi connectivity index (χ4n) is 2.96. The van der Waals surface area contributed by atoms with Gasteiger partial charge in [0.1, 0.15) is 5.75 Å². The lowest BCUT2D eigenvalue weighted by atomic mass is 9.95. The number of esters is 1. The highest BCUT2D eigenvalue weighted by molar-refractivity contribution is 5.95. The Kier molecular flexibility index (Phi) is 8.17. The molecule has 2 rings (SSSR count). The number of hydrogen-bond acceptors (Lipinski definition) is 4. The van der Waals surface area contributed by atoms with Gasteiger partial charge in [-0.15, -0.1) is 0 Å². The molecule has 0 unspecified atom stereocenters. The molecule has 2 N–H and O–H groups in total. The van der Waals surface area contributed by atoms with Gasteiger partial charge < -0.3 is 20.1 Å². The second-order valence-electron chi connectivity index (χ2n) is 6.68. The molecular formula is C21H30N2O4. The molecule has 1 aliphatic heterocycles. The first-order valence-corrected chi connectivity index (χ1v) is 9.75. The summed E-state index contributed by atoms with van der Waals surface area (Å²) in [6.45, 7) is 6.95. The van der Waals surface area contributed by atoms with Crippen LogP contribution in [0.15, 0.2) is 35.5 Å². The lowest BCUT2D eigenvalue weighted by Crippen LogP contribution is -2.45. The van der Waals surface area contributed by atoms with Gasteiger partial charge in [0.15, 0.2) is 0 Å². The van der Waals surface area contributed by atoms with Gasteiger partial charge in [-0.1, -0.05) is 45.2 Å². The van der Waals surface area contributed by atoms with Crippen molar-refractivity contribution in [2.24, 2.45) is 0 Å². The van der Waals surface area contributed by atoms with E-state index in [-0.39, 0.29) is 6.03 Å². The van der Waals surface area contributed by atoms with Crippen LogP contribution in [-0.4, -0.2) is 25.2 Å². The molecule has 148 valence electrons. The number of ether oxygens (including phenoxy) is 2. The van der Waals surface area contributed by atoms with Crippen molar-refractivity contribution < 1.29 is 19.1 Å². The van der Waals surface area contributed by atoms with Gasteiger partial charge in [-0.05, 0) is 37.5 Å². The van der Waals surface area contributed by atoms with Crippen LogP contribution in [0.1, 0.15) is 64.5 Å². The molecule has 6 heteroatoms. The summed E-state index contributed by atoms with van der Waals surface area (Å²) >= 11 is 0. The van der Waals surface area contributed by atoms with Crippen LogP contribution in [0, 0.1) is 0 Å². The fourth-order valence-corrected chi connectivity index (χ4v) is 2.96. The van der Waals surface area contributed by atoms with Gasteiger partial charge in [-0.25, -0.2) is 9.59 Å². The molecule has 27 heavy (non-hydrogen) atoms. The molecule has 1 aromatic rings. The van der Waals surface area contributed by atoms with E-state index in [1.54, 1.807) is 6.92 Å². The average Bonchev–Trinajstić information content (AvgIpc) is 2.66. The number of urea groups is 1. The first-order valence-electron chi connectivity index (χ1n) is 9.75. The van der Waals surface area contributed by atoms with Gasteiger partial charge in [0, 0.05) is 5.70 Å². The zero-order chi connectivity index (χ0) is 19.6. The van der Waals surface area contributed by atoms with Crippen LogP contribution >= 0.6 is 0 Å².